The minimum atomic E-state index is 0.619. The number of nitrogens with zero attached hydrogens (tertiary/aromatic N) is 1. The Bertz CT molecular complexity index is 668. The van der Waals surface area contributed by atoms with Crippen LogP contribution in [0.5, 0.6) is 0 Å². The molecular formula is C14H12N2O. The van der Waals surface area contributed by atoms with E-state index in [0.29, 0.717) is 11.3 Å². The van der Waals surface area contributed by atoms with Crippen molar-refractivity contribution in [3.05, 3.63) is 48.0 Å². The van der Waals surface area contributed by atoms with E-state index in [1.807, 2.05) is 30.3 Å². The molecule has 84 valence electrons. The summed E-state index contributed by atoms with van der Waals surface area (Å²) in [7, 11) is 0. The van der Waals surface area contributed by atoms with Gasteiger partial charge in [-0.25, -0.2) is 0 Å². The number of aromatic nitrogens is 1. The van der Waals surface area contributed by atoms with Gasteiger partial charge in [-0.3, -0.25) is 0 Å². The smallest absolute Gasteiger partial charge is 0.190 e. The molecule has 3 aromatic rings. The number of fused-ring (bicyclic) bond motifs is 1. The molecule has 0 unspecified atom stereocenters. The second kappa shape index (κ2) is 3.63. The Morgan fingerprint density at radius 2 is 1.82 bits per heavy atom. The predicted octanol–water partition coefficient (Wildman–Crippen LogP) is 3.39. The van der Waals surface area contributed by atoms with Gasteiger partial charge in [0.2, 0.25) is 0 Å². The number of hydrogen-bond donors (Lipinski definition) is 1. The first-order valence-corrected chi connectivity index (χ1v) is 5.46. The van der Waals surface area contributed by atoms with Crippen molar-refractivity contribution in [2.24, 2.45) is 0 Å². The monoisotopic (exact) mass is 224 g/mol. The Labute approximate surface area is 98.8 Å². The third-order valence-electron chi connectivity index (χ3n) is 2.85. The van der Waals surface area contributed by atoms with Gasteiger partial charge in [-0.2, -0.15) is 0 Å². The van der Waals surface area contributed by atoms with E-state index in [9.17, 15) is 0 Å². The van der Waals surface area contributed by atoms with Crippen molar-refractivity contribution in [3.63, 3.8) is 0 Å². The van der Waals surface area contributed by atoms with E-state index in [-0.39, 0.29) is 0 Å². The van der Waals surface area contributed by atoms with E-state index < -0.39 is 0 Å². The Balaban J connectivity index is 2.24. The third-order valence-corrected chi connectivity index (χ3v) is 2.85. The van der Waals surface area contributed by atoms with Crippen LogP contribution in [0.3, 0.4) is 0 Å². The average molecular weight is 224 g/mol. The normalized spacial score (nSPS) is 10.9. The standard InChI is InChI=1S/C14H12N2O/c1-9-5-7-10(8-6-9)13-11-3-2-4-12(15)14(11)17-16-13/h2-8H,15H2,1H3. The topological polar surface area (TPSA) is 52.0 Å². The molecule has 0 spiro atoms. The molecule has 3 heteroatoms. The molecule has 1 aromatic heterocycles. The summed E-state index contributed by atoms with van der Waals surface area (Å²) in [5.74, 6) is 0. The first-order chi connectivity index (χ1) is 8.25. The van der Waals surface area contributed by atoms with Crippen LogP contribution in [0.2, 0.25) is 0 Å². The summed E-state index contributed by atoms with van der Waals surface area (Å²) in [4.78, 5) is 0. The molecule has 0 amide bonds. The Hall–Kier alpha value is -2.29. The molecular weight excluding hydrogens is 212 g/mol. The molecule has 3 rings (SSSR count). The zero-order chi connectivity index (χ0) is 11.8. The number of para-hydroxylation sites is 1. The molecule has 0 saturated carbocycles. The zero-order valence-electron chi connectivity index (χ0n) is 9.47. The van der Waals surface area contributed by atoms with Crippen LogP contribution in [-0.2, 0) is 0 Å². The summed E-state index contributed by atoms with van der Waals surface area (Å²) >= 11 is 0. The first-order valence-electron chi connectivity index (χ1n) is 5.46. The summed E-state index contributed by atoms with van der Waals surface area (Å²) in [6, 6.07) is 13.9. The second-order valence-electron chi connectivity index (χ2n) is 4.12. The zero-order valence-corrected chi connectivity index (χ0v) is 9.47. The van der Waals surface area contributed by atoms with E-state index in [1.54, 1.807) is 0 Å². The number of anilines is 1. The number of benzene rings is 2. The molecule has 3 nitrogen and oxygen atoms in total. The maximum atomic E-state index is 5.84. The van der Waals surface area contributed by atoms with Crippen LogP contribution in [0.4, 0.5) is 5.69 Å². The molecule has 17 heavy (non-hydrogen) atoms. The van der Waals surface area contributed by atoms with E-state index in [1.165, 1.54) is 5.56 Å². The number of nitrogens with two attached hydrogens (primary N) is 1. The van der Waals surface area contributed by atoms with Gasteiger partial charge in [0.1, 0.15) is 5.69 Å². The minimum absolute atomic E-state index is 0.619. The van der Waals surface area contributed by atoms with Crippen LogP contribution in [-0.4, -0.2) is 5.16 Å². The van der Waals surface area contributed by atoms with Crippen LogP contribution in [0.1, 0.15) is 5.56 Å². The van der Waals surface area contributed by atoms with Crippen molar-refractivity contribution in [1.29, 1.82) is 0 Å². The lowest BCUT2D eigenvalue weighted by atomic mass is 10.1. The highest BCUT2D eigenvalue weighted by Gasteiger charge is 2.11. The summed E-state index contributed by atoms with van der Waals surface area (Å²) in [5, 5.41) is 5.05. The van der Waals surface area contributed by atoms with Gasteiger partial charge in [0.05, 0.1) is 11.1 Å². The average Bonchev–Trinajstić information content (AvgIpc) is 2.75. The molecule has 0 radical (unpaired) electrons. The Morgan fingerprint density at radius 1 is 1.06 bits per heavy atom. The molecule has 2 aromatic carbocycles. The molecule has 2 N–H and O–H groups in total. The lowest BCUT2D eigenvalue weighted by molar-refractivity contribution is 0.460. The van der Waals surface area contributed by atoms with Crippen molar-refractivity contribution >= 4 is 16.7 Å². The van der Waals surface area contributed by atoms with Crippen molar-refractivity contribution in [2.75, 3.05) is 5.73 Å². The lowest BCUT2D eigenvalue weighted by Crippen LogP contribution is -1.83. The predicted molar refractivity (Wildman–Crippen MR) is 68.6 cm³/mol. The quantitative estimate of drug-likeness (QED) is 0.644. The van der Waals surface area contributed by atoms with Gasteiger partial charge >= 0.3 is 0 Å². The Kier molecular flexibility index (Phi) is 2.11. The molecule has 0 fully saturated rings. The molecule has 0 saturated heterocycles. The summed E-state index contributed by atoms with van der Waals surface area (Å²) in [6.45, 7) is 2.06. The molecule has 0 aliphatic rings. The SMILES string of the molecule is Cc1ccc(-c2noc3c(N)cccc23)cc1. The number of rotatable bonds is 1. The van der Waals surface area contributed by atoms with Crippen LogP contribution in [0, 0.1) is 6.92 Å². The molecule has 0 atom stereocenters. The van der Waals surface area contributed by atoms with Gasteiger partial charge in [-0.15, -0.1) is 0 Å². The van der Waals surface area contributed by atoms with Crippen molar-refractivity contribution < 1.29 is 4.52 Å². The van der Waals surface area contributed by atoms with Gasteiger partial charge in [0.15, 0.2) is 5.58 Å². The molecule has 0 aliphatic heterocycles. The summed E-state index contributed by atoms with van der Waals surface area (Å²) in [6.07, 6.45) is 0. The van der Waals surface area contributed by atoms with Gasteiger partial charge in [0, 0.05) is 5.56 Å². The fourth-order valence-corrected chi connectivity index (χ4v) is 1.90. The summed E-state index contributed by atoms with van der Waals surface area (Å²) in [5.41, 5.74) is 10.2. The highest BCUT2D eigenvalue weighted by molar-refractivity contribution is 5.97. The first kappa shape index (κ1) is 9.90. The van der Waals surface area contributed by atoms with E-state index in [4.69, 9.17) is 10.3 Å². The van der Waals surface area contributed by atoms with E-state index in [2.05, 4.69) is 24.2 Å². The highest BCUT2D eigenvalue weighted by Crippen LogP contribution is 2.30. The van der Waals surface area contributed by atoms with Crippen molar-refractivity contribution in [2.45, 2.75) is 6.92 Å². The maximum Gasteiger partial charge on any atom is 0.190 e. The summed E-state index contributed by atoms with van der Waals surface area (Å²) < 4.78 is 5.29. The third kappa shape index (κ3) is 1.56. The van der Waals surface area contributed by atoms with Gasteiger partial charge in [-0.05, 0) is 19.1 Å². The highest BCUT2D eigenvalue weighted by atomic mass is 16.5. The number of hydrogen-bond acceptors (Lipinski definition) is 3. The molecule has 0 aliphatic carbocycles. The second-order valence-corrected chi connectivity index (χ2v) is 4.12. The van der Waals surface area contributed by atoms with Crippen LogP contribution >= 0.6 is 0 Å². The van der Waals surface area contributed by atoms with Gasteiger partial charge in [-0.1, -0.05) is 41.1 Å². The molecule has 1 heterocycles. The van der Waals surface area contributed by atoms with E-state index >= 15 is 0 Å². The number of nitrogen functional groups attached to an aromatic ring is 1. The molecule has 0 bridgehead atoms. The Morgan fingerprint density at radius 3 is 2.59 bits per heavy atom. The van der Waals surface area contributed by atoms with Crippen LogP contribution in [0.25, 0.3) is 22.2 Å². The van der Waals surface area contributed by atoms with Crippen LogP contribution < -0.4 is 5.73 Å². The number of aryl methyl sites for hydroxylation is 1. The van der Waals surface area contributed by atoms with Gasteiger partial charge in [0.25, 0.3) is 0 Å². The maximum absolute atomic E-state index is 5.84. The lowest BCUT2D eigenvalue weighted by Gasteiger charge is -1.98. The largest absolute Gasteiger partial charge is 0.396 e. The van der Waals surface area contributed by atoms with Crippen molar-refractivity contribution in [1.82, 2.24) is 5.16 Å². The van der Waals surface area contributed by atoms with Crippen molar-refractivity contribution in [3.8, 4) is 11.3 Å². The fraction of sp³-hybridized carbons (Fsp3) is 0.0714. The van der Waals surface area contributed by atoms with Crippen LogP contribution in [0.15, 0.2) is 47.0 Å². The minimum Gasteiger partial charge on any atom is -0.396 e. The van der Waals surface area contributed by atoms with Gasteiger partial charge < -0.3 is 10.3 Å². The fourth-order valence-electron chi connectivity index (χ4n) is 1.90. The van der Waals surface area contributed by atoms with E-state index in [0.717, 1.165) is 16.6 Å².